The molecule has 0 fully saturated rings. The molecule has 0 spiro atoms. The number of rotatable bonds is 11. The van der Waals surface area contributed by atoms with Crippen LogP contribution >= 0.6 is 0 Å². The number of fused-ring (bicyclic) bond motifs is 1. The third-order valence-corrected chi connectivity index (χ3v) is 5.07. The molecule has 35 heavy (non-hydrogen) atoms. The van der Waals surface area contributed by atoms with E-state index in [2.05, 4.69) is 21.5 Å². The summed E-state index contributed by atoms with van der Waals surface area (Å²) in [7, 11) is 8.12. The van der Waals surface area contributed by atoms with Gasteiger partial charge in [0, 0.05) is 45.1 Å². The molecule has 2 aromatic heterocycles. The molecule has 2 heterocycles. The van der Waals surface area contributed by atoms with Crippen molar-refractivity contribution in [3.63, 3.8) is 0 Å². The van der Waals surface area contributed by atoms with E-state index in [0.29, 0.717) is 28.4 Å². The summed E-state index contributed by atoms with van der Waals surface area (Å²) in [5.74, 6) is 0.113. The summed E-state index contributed by atoms with van der Waals surface area (Å²) in [4.78, 5) is 17.2. The Balaban J connectivity index is 2.17. The van der Waals surface area contributed by atoms with Crippen LogP contribution in [0, 0.1) is 5.82 Å². The van der Waals surface area contributed by atoms with Gasteiger partial charge in [-0.05, 0) is 12.1 Å². The Labute approximate surface area is 204 Å². The lowest BCUT2D eigenvalue weighted by molar-refractivity contribution is 0.0700. The first-order valence-corrected chi connectivity index (χ1v) is 10.8. The number of nitrogens with zero attached hydrogens (tertiary/aromatic N) is 5. The average molecular weight is 484 g/mol. The molecule has 1 aromatic carbocycles. The van der Waals surface area contributed by atoms with E-state index in [1.807, 2.05) is 25.2 Å². The standard InChI is InChI=1S/C25H30FN5O4/c1-7-16(13-30(2)3)20-12-27-19-8-9-23(29-25(19)28-20)31(14-17(32)15-33-4)21-10-18(34-5)11-22(35-6)24(21)26/h7-13,17,32H,1,14-15H2,2-6H3/b16-13+. The minimum absolute atomic E-state index is 0.00195. The van der Waals surface area contributed by atoms with Crippen molar-refractivity contribution in [2.75, 3.05) is 53.5 Å². The zero-order valence-electron chi connectivity index (χ0n) is 20.5. The normalized spacial score (nSPS) is 12.4. The fraction of sp³-hybridized carbons (Fsp3) is 0.320. The lowest BCUT2D eigenvalue weighted by Gasteiger charge is -2.27. The highest BCUT2D eigenvalue weighted by atomic mass is 19.1. The van der Waals surface area contributed by atoms with Gasteiger partial charge in [-0.1, -0.05) is 12.7 Å². The van der Waals surface area contributed by atoms with Gasteiger partial charge < -0.3 is 29.1 Å². The van der Waals surface area contributed by atoms with Crippen LogP contribution in [0.15, 0.2) is 49.3 Å². The zero-order valence-corrected chi connectivity index (χ0v) is 20.5. The minimum atomic E-state index is -0.929. The second kappa shape index (κ2) is 11.6. The number of pyridine rings is 1. The number of hydrogen-bond donors (Lipinski definition) is 1. The molecule has 0 aliphatic heterocycles. The topological polar surface area (TPSA) is 93.1 Å². The smallest absolute Gasteiger partial charge is 0.188 e. The Morgan fingerprint density at radius 1 is 1.17 bits per heavy atom. The van der Waals surface area contributed by atoms with Crippen LogP contribution < -0.4 is 14.4 Å². The Bertz CT molecular complexity index is 1220. The van der Waals surface area contributed by atoms with Gasteiger partial charge in [0.2, 0.25) is 0 Å². The van der Waals surface area contributed by atoms with Crippen LogP contribution in [-0.4, -0.2) is 79.6 Å². The van der Waals surface area contributed by atoms with Crippen molar-refractivity contribution in [1.82, 2.24) is 19.9 Å². The third kappa shape index (κ3) is 6.03. The Morgan fingerprint density at radius 3 is 2.57 bits per heavy atom. The largest absolute Gasteiger partial charge is 0.497 e. The van der Waals surface area contributed by atoms with E-state index in [9.17, 15) is 5.11 Å². The first-order chi connectivity index (χ1) is 16.8. The van der Waals surface area contributed by atoms with Crippen LogP contribution in [-0.2, 0) is 4.74 Å². The van der Waals surface area contributed by atoms with Gasteiger partial charge in [-0.2, -0.15) is 0 Å². The second-order valence-electron chi connectivity index (χ2n) is 7.90. The van der Waals surface area contributed by atoms with E-state index in [4.69, 9.17) is 14.2 Å². The van der Waals surface area contributed by atoms with Crippen molar-refractivity contribution in [2.24, 2.45) is 0 Å². The highest BCUT2D eigenvalue weighted by molar-refractivity contribution is 5.78. The molecule has 0 aliphatic carbocycles. The van der Waals surface area contributed by atoms with Gasteiger partial charge in [-0.25, -0.2) is 14.4 Å². The van der Waals surface area contributed by atoms with Gasteiger partial charge in [0.05, 0.1) is 51.1 Å². The SMILES string of the molecule is C=C/C(=C\N(C)C)c1cnc2ccc(N(CC(O)COC)c3cc(OC)cc(OC)c3F)nc2n1. The fourth-order valence-corrected chi connectivity index (χ4v) is 3.47. The number of aromatic nitrogens is 3. The monoisotopic (exact) mass is 483 g/mol. The summed E-state index contributed by atoms with van der Waals surface area (Å²) in [6.07, 6.45) is 4.28. The van der Waals surface area contributed by atoms with Crippen molar-refractivity contribution in [2.45, 2.75) is 6.10 Å². The van der Waals surface area contributed by atoms with Crippen molar-refractivity contribution < 1.29 is 23.7 Å². The van der Waals surface area contributed by atoms with Crippen LogP contribution in [0.2, 0.25) is 0 Å². The molecule has 1 unspecified atom stereocenters. The molecule has 3 aromatic rings. The number of aliphatic hydroxyl groups excluding tert-OH is 1. The number of halogens is 1. The maximum Gasteiger partial charge on any atom is 0.188 e. The van der Waals surface area contributed by atoms with Crippen molar-refractivity contribution >= 4 is 28.2 Å². The molecule has 1 atom stereocenters. The van der Waals surface area contributed by atoms with Gasteiger partial charge in [-0.15, -0.1) is 0 Å². The summed E-state index contributed by atoms with van der Waals surface area (Å²) in [5, 5.41) is 10.5. The number of anilines is 2. The number of hydrogen-bond acceptors (Lipinski definition) is 9. The van der Waals surface area contributed by atoms with Crippen molar-refractivity contribution in [1.29, 1.82) is 0 Å². The zero-order chi connectivity index (χ0) is 25.5. The van der Waals surface area contributed by atoms with E-state index in [1.165, 1.54) is 38.4 Å². The third-order valence-electron chi connectivity index (χ3n) is 5.07. The Morgan fingerprint density at radius 2 is 1.94 bits per heavy atom. The summed E-state index contributed by atoms with van der Waals surface area (Å²) in [6, 6.07) is 6.39. The highest BCUT2D eigenvalue weighted by Crippen LogP contribution is 2.36. The van der Waals surface area contributed by atoms with Crippen LogP contribution in [0.1, 0.15) is 5.69 Å². The van der Waals surface area contributed by atoms with Crippen LogP contribution in [0.4, 0.5) is 15.9 Å². The van der Waals surface area contributed by atoms with E-state index >= 15 is 4.39 Å². The maximum atomic E-state index is 15.4. The lowest BCUT2D eigenvalue weighted by Crippen LogP contribution is -2.32. The first kappa shape index (κ1) is 25.9. The van der Waals surface area contributed by atoms with Gasteiger partial charge in [-0.3, -0.25) is 4.98 Å². The summed E-state index contributed by atoms with van der Waals surface area (Å²) in [6.45, 7) is 3.89. The summed E-state index contributed by atoms with van der Waals surface area (Å²) >= 11 is 0. The molecule has 0 radical (unpaired) electrons. The Kier molecular flexibility index (Phi) is 8.56. The Hall–Kier alpha value is -3.76. The van der Waals surface area contributed by atoms with E-state index in [-0.39, 0.29) is 24.6 Å². The number of aliphatic hydroxyl groups is 1. The summed E-state index contributed by atoms with van der Waals surface area (Å²) < 4.78 is 31.0. The number of methoxy groups -OCH3 is 3. The minimum Gasteiger partial charge on any atom is -0.497 e. The lowest BCUT2D eigenvalue weighted by atomic mass is 10.2. The van der Waals surface area contributed by atoms with Crippen LogP contribution in [0.25, 0.3) is 16.7 Å². The van der Waals surface area contributed by atoms with Crippen molar-refractivity contribution in [3.8, 4) is 11.5 Å². The van der Waals surface area contributed by atoms with E-state index < -0.39 is 11.9 Å². The molecular formula is C25H30FN5O4. The highest BCUT2D eigenvalue weighted by Gasteiger charge is 2.23. The molecular weight excluding hydrogens is 453 g/mol. The first-order valence-electron chi connectivity index (χ1n) is 10.8. The maximum absolute atomic E-state index is 15.4. The predicted octanol–water partition coefficient (Wildman–Crippen LogP) is 3.42. The molecule has 186 valence electrons. The van der Waals surface area contributed by atoms with Gasteiger partial charge in [0.1, 0.15) is 17.1 Å². The predicted molar refractivity (Wildman–Crippen MR) is 134 cm³/mol. The van der Waals surface area contributed by atoms with Crippen LogP contribution in [0.3, 0.4) is 0 Å². The summed E-state index contributed by atoms with van der Waals surface area (Å²) in [5.41, 5.74) is 2.39. The fourth-order valence-electron chi connectivity index (χ4n) is 3.47. The molecule has 9 nitrogen and oxygen atoms in total. The van der Waals surface area contributed by atoms with Crippen molar-refractivity contribution in [3.05, 3.63) is 60.8 Å². The average Bonchev–Trinajstić information content (AvgIpc) is 2.85. The molecule has 0 aliphatic rings. The van der Waals surface area contributed by atoms with E-state index in [1.54, 1.807) is 24.4 Å². The molecule has 10 heteroatoms. The van der Waals surface area contributed by atoms with E-state index in [0.717, 1.165) is 5.57 Å². The molecule has 0 saturated heterocycles. The second-order valence-corrected chi connectivity index (χ2v) is 7.90. The van der Waals surface area contributed by atoms with Gasteiger partial charge >= 0.3 is 0 Å². The number of ether oxygens (including phenoxy) is 3. The van der Waals surface area contributed by atoms with Gasteiger partial charge in [0.25, 0.3) is 0 Å². The molecule has 3 rings (SSSR count). The molecule has 1 N–H and O–H groups in total. The van der Waals surface area contributed by atoms with Crippen LogP contribution in [0.5, 0.6) is 11.5 Å². The molecule has 0 saturated carbocycles. The number of benzene rings is 1. The number of allylic oxidation sites excluding steroid dienone is 2. The molecule has 0 bridgehead atoms. The molecule has 0 amide bonds. The van der Waals surface area contributed by atoms with Gasteiger partial charge in [0.15, 0.2) is 17.2 Å². The quantitative estimate of drug-likeness (QED) is 0.412.